The Bertz CT molecular complexity index is 930. The lowest BCUT2D eigenvalue weighted by Crippen LogP contribution is -2.73. The summed E-state index contributed by atoms with van der Waals surface area (Å²) in [5, 5.41) is 29.0. The van der Waals surface area contributed by atoms with E-state index in [0.717, 1.165) is 12.3 Å². The molecule has 0 aliphatic carbocycles. The van der Waals surface area contributed by atoms with Crippen molar-refractivity contribution < 1.29 is 38.6 Å². The van der Waals surface area contributed by atoms with Crippen LogP contribution in [0.3, 0.4) is 0 Å². The zero-order chi connectivity index (χ0) is 24.0. The van der Waals surface area contributed by atoms with Gasteiger partial charge in [0.2, 0.25) is 5.91 Å². The molecule has 4 amide bonds. The van der Waals surface area contributed by atoms with E-state index < -0.39 is 78.7 Å². The normalized spacial score (nSPS) is 21.1. The fraction of sp³-hybridized carbons (Fsp3) is 0.375. The zero-order valence-electron chi connectivity index (χ0n) is 16.3. The van der Waals surface area contributed by atoms with Crippen LogP contribution in [0.4, 0.5) is 14.9 Å². The molecule has 1 saturated heterocycles. The fourth-order valence-electron chi connectivity index (χ4n) is 2.64. The number of carboxylic acid groups (broad SMARTS) is 2. The van der Waals surface area contributed by atoms with Gasteiger partial charge >= 0.3 is 18.0 Å². The monoisotopic (exact) mass is 456 g/mol. The van der Waals surface area contributed by atoms with Crippen LogP contribution in [0.25, 0.3) is 0 Å². The molecule has 1 aromatic rings. The molecule has 1 fully saturated rings. The number of aromatic nitrogens is 1. The van der Waals surface area contributed by atoms with Gasteiger partial charge in [-0.15, -0.1) is 0 Å². The molecule has 0 aromatic carbocycles. The predicted octanol–water partition coefficient (Wildman–Crippen LogP) is -2.99. The van der Waals surface area contributed by atoms with Crippen molar-refractivity contribution >= 4 is 35.5 Å². The number of urea groups is 1. The first kappa shape index (κ1) is 24.4. The number of nitrogens with zero attached hydrogens (tertiary/aromatic N) is 1. The van der Waals surface area contributed by atoms with E-state index in [1.165, 1.54) is 0 Å². The summed E-state index contributed by atoms with van der Waals surface area (Å²) in [4.78, 5) is 61.3. The fourth-order valence-corrected chi connectivity index (χ4v) is 2.64. The number of carboxylic acids is 2. The van der Waals surface area contributed by atoms with Crippen LogP contribution in [0.2, 0.25) is 0 Å². The van der Waals surface area contributed by atoms with Crippen LogP contribution in [-0.2, 0) is 14.4 Å². The molecule has 174 valence electrons. The summed E-state index contributed by atoms with van der Waals surface area (Å²) in [6, 6.07) is -2.95. The minimum atomic E-state index is -1.57. The molecule has 15 nitrogen and oxygen atoms in total. The van der Waals surface area contributed by atoms with E-state index in [0.29, 0.717) is 0 Å². The summed E-state index contributed by atoms with van der Waals surface area (Å²) in [7, 11) is 0. The highest BCUT2D eigenvalue weighted by Gasteiger charge is 2.33. The van der Waals surface area contributed by atoms with Crippen LogP contribution < -0.4 is 38.1 Å². The summed E-state index contributed by atoms with van der Waals surface area (Å²) in [6.45, 7) is 0. The van der Waals surface area contributed by atoms with Crippen molar-refractivity contribution in [3.8, 4) is 0 Å². The van der Waals surface area contributed by atoms with E-state index in [1.807, 2.05) is 5.32 Å². The molecule has 1 aliphatic rings. The molecule has 16 heteroatoms. The van der Waals surface area contributed by atoms with Gasteiger partial charge in [-0.05, 0) is 6.42 Å². The van der Waals surface area contributed by atoms with Crippen molar-refractivity contribution in [2.45, 2.75) is 37.4 Å². The van der Waals surface area contributed by atoms with E-state index in [9.17, 15) is 28.4 Å². The lowest BCUT2D eigenvalue weighted by Gasteiger charge is -2.33. The number of aliphatic carboxylic acids is 2. The summed E-state index contributed by atoms with van der Waals surface area (Å²) in [5.74, 6) is -5.80. The Labute approximate surface area is 179 Å². The molecule has 2 heterocycles. The molecule has 0 bridgehead atoms. The Hall–Kier alpha value is -3.89. The first-order valence-corrected chi connectivity index (χ1v) is 9.04. The molecule has 1 aliphatic heterocycles. The number of nitrogens with two attached hydrogens (primary N) is 2. The quantitative estimate of drug-likeness (QED) is 0.191. The Morgan fingerprint density at radius 3 is 2.50 bits per heavy atom. The van der Waals surface area contributed by atoms with E-state index in [2.05, 4.69) is 26.3 Å². The number of anilines is 1. The highest BCUT2D eigenvalue weighted by Crippen LogP contribution is 2.12. The highest BCUT2D eigenvalue weighted by atomic mass is 19.1. The maximum absolute atomic E-state index is 14.3. The second kappa shape index (κ2) is 10.4. The maximum atomic E-state index is 14.3. The van der Waals surface area contributed by atoms with Crippen LogP contribution in [-0.4, -0.2) is 69.5 Å². The second-order valence-corrected chi connectivity index (χ2v) is 6.61. The minimum absolute atomic E-state index is 0.188. The molecule has 4 atom stereocenters. The number of amides is 4. The van der Waals surface area contributed by atoms with Crippen molar-refractivity contribution in [3.05, 3.63) is 23.8 Å². The average Bonchev–Trinajstić information content (AvgIpc) is 2.67. The molecular formula is C16H21FN8O7. The van der Waals surface area contributed by atoms with E-state index in [-0.39, 0.29) is 5.69 Å². The van der Waals surface area contributed by atoms with Crippen LogP contribution >= 0.6 is 0 Å². The van der Waals surface area contributed by atoms with Gasteiger partial charge in [-0.25, -0.2) is 19.0 Å². The molecule has 11 N–H and O–H groups in total. The van der Waals surface area contributed by atoms with E-state index in [1.54, 1.807) is 0 Å². The second-order valence-electron chi connectivity index (χ2n) is 6.61. The summed E-state index contributed by atoms with van der Waals surface area (Å²) in [5.41, 5.74) is 10.2. The van der Waals surface area contributed by atoms with Gasteiger partial charge in [0, 0.05) is 12.5 Å². The Morgan fingerprint density at radius 2 is 1.94 bits per heavy atom. The Morgan fingerprint density at radius 1 is 1.25 bits per heavy atom. The highest BCUT2D eigenvalue weighted by molar-refractivity contribution is 5.97. The topological polar surface area (TPSA) is 251 Å². The molecule has 32 heavy (non-hydrogen) atoms. The van der Waals surface area contributed by atoms with Gasteiger partial charge in [0.25, 0.3) is 5.91 Å². The Balaban J connectivity index is 2.00. The van der Waals surface area contributed by atoms with Gasteiger partial charge in [0.1, 0.15) is 18.4 Å². The molecule has 2 rings (SSSR count). The lowest BCUT2D eigenvalue weighted by atomic mass is 10.1. The smallest absolute Gasteiger partial charge is 0.326 e. The van der Waals surface area contributed by atoms with Gasteiger partial charge in [0.15, 0.2) is 11.5 Å². The van der Waals surface area contributed by atoms with Gasteiger partial charge in [0.05, 0.1) is 18.1 Å². The summed E-state index contributed by atoms with van der Waals surface area (Å²) >= 11 is 0. The third kappa shape index (κ3) is 6.56. The van der Waals surface area contributed by atoms with E-state index >= 15 is 0 Å². The third-order valence-electron chi connectivity index (χ3n) is 4.16. The van der Waals surface area contributed by atoms with Crippen molar-refractivity contribution in [2.75, 3.05) is 5.32 Å². The van der Waals surface area contributed by atoms with Crippen molar-refractivity contribution in [1.82, 2.24) is 26.3 Å². The SMILES string of the molecule is NC1NC(=O)C(NC(=O)Nc2cnc(C(=O)N[C@@H](CCC(=O)O)C(=O)O)c(F)c2)C(N)N1. The van der Waals surface area contributed by atoms with Crippen LogP contribution in [0, 0.1) is 5.82 Å². The molecule has 3 unspecified atom stereocenters. The van der Waals surface area contributed by atoms with Crippen molar-refractivity contribution in [2.24, 2.45) is 11.5 Å². The molecular weight excluding hydrogens is 435 g/mol. The number of rotatable bonds is 8. The number of carbonyl (C=O) groups is 5. The van der Waals surface area contributed by atoms with Gasteiger partial charge in [-0.3, -0.25) is 25.4 Å². The first-order valence-electron chi connectivity index (χ1n) is 9.04. The molecule has 0 radical (unpaired) electrons. The van der Waals surface area contributed by atoms with Crippen molar-refractivity contribution in [1.29, 1.82) is 0 Å². The standard InChI is InChI=1S/C16H21FN8O7/c17-6-3-5(21-16(32)23-10-11(18)24-15(19)25-13(10)29)4-20-9(6)12(28)22-7(14(30)31)1-2-8(26)27/h3-4,7,10-11,15,24H,1-2,18-19H2,(H,22,28)(H,25,29)(H,26,27)(H,30,31)(H2,21,23,32)/t7-,10?,11?,15?/m0/s1. The predicted molar refractivity (Wildman–Crippen MR) is 103 cm³/mol. The number of pyridine rings is 1. The minimum Gasteiger partial charge on any atom is -0.481 e. The van der Waals surface area contributed by atoms with Crippen molar-refractivity contribution in [3.63, 3.8) is 0 Å². The van der Waals surface area contributed by atoms with Crippen LogP contribution in [0.5, 0.6) is 0 Å². The largest absolute Gasteiger partial charge is 0.481 e. The van der Waals surface area contributed by atoms with E-state index in [4.69, 9.17) is 21.7 Å². The summed E-state index contributed by atoms with van der Waals surface area (Å²) in [6.07, 6.45) is -1.92. The Kier molecular flexibility index (Phi) is 7.94. The maximum Gasteiger partial charge on any atom is 0.326 e. The molecule has 1 aromatic heterocycles. The van der Waals surface area contributed by atoms with Crippen LogP contribution in [0.1, 0.15) is 23.3 Å². The number of nitrogens with one attached hydrogen (secondary N) is 5. The number of hydrogen-bond donors (Lipinski definition) is 9. The van der Waals surface area contributed by atoms with Gasteiger partial charge < -0.3 is 37.2 Å². The number of hydrogen-bond acceptors (Lipinski definition) is 9. The summed E-state index contributed by atoms with van der Waals surface area (Å²) < 4.78 is 14.3. The van der Waals surface area contributed by atoms with Gasteiger partial charge in [-0.1, -0.05) is 0 Å². The lowest BCUT2D eigenvalue weighted by molar-refractivity contribution is -0.140. The number of halogens is 1. The average molecular weight is 456 g/mol. The first-order chi connectivity index (χ1) is 15.0. The molecule has 0 saturated carbocycles. The third-order valence-corrected chi connectivity index (χ3v) is 4.16. The molecule has 0 spiro atoms. The zero-order valence-corrected chi connectivity index (χ0v) is 16.3. The number of carbonyl (C=O) groups excluding carboxylic acids is 3. The van der Waals surface area contributed by atoms with Crippen LogP contribution in [0.15, 0.2) is 12.3 Å². The van der Waals surface area contributed by atoms with Gasteiger partial charge in [-0.2, -0.15) is 0 Å².